The maximum absolute atomic E-state index is 11.8. The summed E-state index contributed by atoms with van der Waals surface area (Å²) in [6.07, 6.45) is 2.46. The van der Waals surface area contributed by atoms with Gasteiger partial charge in [0, 0.05) is 18.2 Å². The van der Waals surface area contributed by atoms with Gasteiger partial charge in [0.2, 0.25) is 0 Å². The van der Waals surface area contributed by atoms with E-state index in [0.717, 1.165) is 11.4 Å². The molecule has 0 aliphatic carbocycles. The van der Waals surface area contributed by atoms with E-state index in [-0.39, 0.29) is 23.0 Å². The van der Waals surface area contributed by atoms with Crippen molar-refractivity contribution in [3.05, 3.63) is 47.3 Å². The number of hydrogen-bond donors (Lipinski definition) is 0. The highest BCUT2D eigenvalue weighted by Gasteiger charge is 2.31. The van der Waals surface area contributed by atoms with Gasteiger partial charge in [-0.1, -0.05) is 51.1 Å². The number of rotatable bonds is 6. The van der Waals surface area contributed by atoms with Gasteiger partial charge in [0.15, 0.2) is 20.4 Å². The first-order valence-corrected chi connectivity index (χ1v) is 12.0. The van der Waals surface area contributed by atoms with Crippen molar-refractivity contribution in [1.82, 2.24) is 19.2 Å². The zero-order valence-corrected chi connectivity index (χ0v) is 19.3. The number of aromatic nitrogens is 3. The second-order valence-electron chi connectivity index (χ2n) is 8.79. The van der Waals surface area contributed by atoms with Gasteiger partial charge in [-0.3, -0.25) is 9.47 Å². The van der Waals surface area contributed by atoms with Crippen molar-refractivity contribution >= 4 is 22.1 Å². The van der Waals surface area contributed by atoms with E-state index in [1.807, 2.05) is 22.6 Å². The maximum Gasteiger partial charge on any atom is 0.199 e. The molecule has 0 radical (unpaired) electrons. The summed E-state index contributed by atoms with van der Waals surface area (Å²) in [6, 6.07) is 8.42. The van der Waals surface area contributed by atoms with Gasteiger partial charge in [0.1, 0.15) is 0 Å². The average Bonchev–Trinajstić information content (AvgIpc) is 3.16. The first kappa shape index (κ1) is 21.9. The van der Waals surface area contributed by atoms with E-state index in [2.05, 4.69) is 51.6 Å². The highest BCUT2D eigenvalue weighted by molar-refractivity contribution is 7.91. The number of allylic oxidation sites excluding steroid dienone is 1. The Labute approximate surface area is 178 Å². The lowest BCUT2D eigenvalue weighted by Gasteiger charge is -2.22. The van der Waals surface area contributed by atoms with Crippen molar-refractivity contribution < 1.29 is 8.42 Å². The number of nitrogens with zero attached hydrogens (tertiary/aromatic N) is 4. The van der Waals surface area contributed by atoms with Crippen LogP contribution in [0.25, 0.3) is 11.4 Å². The van der Waals surface area contributed by atoms with E-state index in [1.54, 1.807) is 4.68 Å². The third-order valence-corrected chi connectivity index (χ3v) is 7.61. The van der Waals surface area contributed by atoms with Crippen molar-refractivity contribution in [1.29, 1.82) is 0 Å². The monoisotopic (exact) mass is 434 g/mol. The Bertz CT molecular complexity index is 1040. The Morgan fingerprint density at radius 2 is 1.97 bits per heavy atom. The number of hydrogen-bond acceptors (Lipinski definition) is 5. The standard InChI is InChI=1S/C21H30N4O2S2/c1-6-12-24-19(16-7-9-17(10-8-16)21(2,3)4)22-25(20(24)28)15-23(5)18-11-13-29(26,27)14-18/h6-10,18H,1,11-15H2,2-5H3. The molecule has 8 heteroatoms. The van der Waals surface area contributed by atoms with Crippen LogP contribution in [0.1, 0.15) is 32.8 Å². The van der Waals surface area contributed by atoms with E-state index >= 15 is 0 Å². The normalized spacial score (nSPS) is 19.0. The van der Waals surface area contributed by atoms with Gasteiger partial charge >= 0.3 is 0 Å². The topological polar surface area (TPSA) is 60.1 Å². The van der Waals surface area contributed by atoms with Crippen molar-refractivity contribution in [2.75, 3.05) is 18.6 Å². The van der Waals surface area contributed by atoms with Crippen molar-refractivity contribution in [3.8, 4) is 11.4 Å². The third kappa shape index (κ3) is 4.87. The Morgan fingerprint density at radius 3 is 2.48 bits per heavy atom. The lowest BCUT2D eigenvalue weighted by Crippen LogP contribution is -2.34. The average molecular weight is 435 g/mol. The predicted molar refractivity (Wildman–Crippen MR) is 120 cm³/mol. The molecule has 0 saturated carbocycles. The van der Waals surface area contributed by atoms with Crippen LogP contribution >= 0.6 is 12.2 Å². The summed E-state index contributed by atoms with van der Waals surface area (Å²) in [5.74, 6) is 1.25. The van der Waals surface area contributed by atoms with Crippen LogP contribution in [0, 0.1) is 4.77 Å². The lowest BCUT2D eigenvalue weighted by molar-refractivity contribution is 0.196. The molecule has 158 valence electrons. The zero-order valence-electron chi connectivity index (χ0n) is 17.6. The molecule has 1 aromatic heterocycles. The summed E-state index contributed by atoms with van der Waals surface area (Å²) in [5, 5.41) is 4.77. The van der Waals surface area contributed by atoms with E-state index in [1.165, 1.54) is 5.56 Å². The molecule has 1 atom stereocenters. The molecule has 1 fully saturated rings. The largest absolute Gasteiger partial charge is 0.296 e. The SMILES string of the molecule is C=CCn1c(-c2ccc(C(C)(C)C)cc2)nn(CN(C)C2CCS(=O)(=O)C2)c1=S. The molecule has 1 unspecified atom stereocenters. The van der Waals surface area contributed by atoms with E-state index in [4.69, 9.17) is 17.3 Å². The molecule has 0 spiro atoms. The molecule has 29 heavy (non-hydrogen) atoms. The second kappa shape index (κ2) is 8.16. The highest BCUT2D eigenvalue weighted by Crippen LogP contribution is 2.26. The Morgan fingerprint density at radius 1 is 1.31 bits per heavy atom. The summed E-state index contributed by atoms with van der Waals surface area (Å²) in [5.41, 5.74) is 2.34. The van der Waals surface area contributed by atoms with Gasteiger partial charge < -0.3 is 0 Å². The van der Waals surface area contributed by atoms with E-state index < -0.39 is 9.84 Å². The fourth-order valence-corrected chi connectivity index (χ4v) is 5.67. The van der Waals surface area contributed by atoms with Crippen LogP contribution < -0.4 is 0 Å². The fraction of sp³-hybridized carbons (Fsp3) is 0.524. The number of benzene rings is 1. The van der Waals surface area contributed by atoms with Gasteiger partial charge in [-0.25, -0.2) is 13.1 Å². The summed E-state index contributed by atoms with van der Waals surface area (Å²) in [4.78, 5) is 2.03. The fourth-order valence-electron chi connectivity index (χ4n) is 3.61. The Hall–Kier alpha value is -1.77. The van der Waals surface area contributed by atoms with E-state index in [9.17, 15) is 8.42 Å². The quantitative estimate of drug-likeness (QED) is 0.513. The summed E-state index contributed by atoms with van der Waals surface area (Å²) >= 11 is 5.67. The van der Waals surface area contributed by atoms with Gasteiger partial charge in [-0.2, -0.15) is 5.10 Å². The molecule has 1 aliphatic rings. The van der Waals surface area contributed by atoms with Gasteiger partial charge in [-0.15, -0.1) is 6.58 Å². The Balaban J connectivity index is 1.91. The van der Waals surface area contributed by atoms with Crippen molar-refractivity contribution in [3.63, 3.8) is 0 Å². The summed E-state index contributed by atoms with van der Waals surface area (Å²) in [6.45, 7) is 11.4. The molecule has 2 heterocycles. The minimum atomic E-state index is -2.93. The highest BCUT2D eigenvalue weighted by atomic mass is 32.2. The molecule has 0 N–H and O–H groups in total. The molecule has 6 nitrogen and oxygen atoms in total. The zero-order chi connectivity index (χ0) is 21.4. The first-order chi connectivity index (χ1) is 13.5. The van der Waals surface area contributed by atoms with Gasteiger partial charge in [-0.05, 0) is 36.7 Å². The predicted octanol–water partition coefficient (Wildman–Crippen LogP) is 3.64. The molecule has 1 saturated heterocycles. The van der Waals surface area contributed by atoms with Crippen molar-refractivity contribution in [2.24, 2.45) is 0 Å². The molecule has 1 aliphatic heterocycles. The molecule has 1 aromatic carbocycles. The van der Waals surface area contributed by atoms with Crippen LogP contribution in [-0.4, -0.2) is 52.3 Å². The minimum absolute atomic E-state index is 0.000901. The molecular formula is C21H30N4O2S2. The van der Waals surface area contributed by atoms with Crippen LogP contribution in [0.2, 0.25) is 0 Å². The second-order valence-corrected chi connectivity index (χ2v) is 11.4. The first-order valence-electron chi connectivity index (χ1n) is 9.82. The number of sulfone groups is 1. The summed E-state index contributed by atoms with van der Waals surface area (Å²) in [7, 11) is -1.00. The van der Waals surface area contributed by atoms with E-state index in [0.29, 0.717) is 24.4 Å². The van der Waals surface area contributed by atoms with Crippen LogP contribution in [0.4, 0.5) is 0 Å². The molecule has 3 rings (SSSR count). The van der Waals surface area contributed by atoms with Crippen LogP contribution in [0.15, 0.2) is 36.9 Å². The molecule has 0 amide bonds. The van der Waals surface area contributed by atoms with Crippen LogP contribution in [0.5, 0.6) is 0 Å². The summed E-state index contributed by atoms with van der Waals surface area (Å²) < 4.78 is 28.0. The van der Waals surface area contributed by atoms with Crippen molar-refractivity contribution in [2.45, 2.75) is 51.9 Å². The Kier molecular flexibility index (Phi) is 6.17. The molecule has 2 aromatic rings. The van der Waals surface area contributed by atoms with Gasteiger partial charge in [0.05, 0.1) is 18.2 Å². The van der Waals surface area contributed by atoms with Gasteiger partial charge in [0.25, 0.3) is 0 Å². The smallest absolute Gasteiger partial charge is 0.199 e. The molecule has 0 bridgehead atoms. The van der Waals surface area contributed by atoms with Crippen LogP contribution in [0.3, 0.4) is 0 Å². The third-order valence-electron chi connectivity index (χ3n) is 5.43. The minimum Gasteiger partial charge on any atom is -0.296 e. The van der Waals surface area contributed by atoms with Crippen LogP contribution in [-0.2, 0) is 28.5 Å². The molecular weight excluding hydrogens is 404 g/mol. The lowest BCUT2D eigenvalue weighted by atomic mass is 9.87. The maximum atomic E-state index is 11.8.